The minimum atomic E-state index is -0.564. The third-order valence-electron chi connectivity index (χ3n) is 6.45. The Morgan fingerprint density at radius 3 is 2.79 bits per heavy atom. The van der Waals surface area contributed by atoms with E-state index >= 15 is 0 Å². The van der Waals surface area contributed by atoms with Gasteiger partial charge >= 0.3 is 0 Å². The van der Waals surface area contributed by atoms with Gasteiger partial charge in [-0.15, -0.1) is 0 Å². The van der Waals surface area contributed by atoms with Gasteiger partial charge in [0.25, 0.3) is 5.91 Å². The smallest absolute Gasteiger partial charge is 0.255 e. The van der Waals surface area contributed by atoms with Gasteiger partial charge in [-0.05, 0) is 48.9 Å². The first-order chi connectivity index (χ1) is 13.5. The number of rotatable bonds is 4. The number of carbonyl (C=O) groups excluding carboxylic acids is 3. The largest absolute Gasteiger partial charge is 0.329 e. The van der Waals surface area contributed by atoms with Gasteiger partial charge in [-0.25, -0.2) is 0 Å². The molecule has 1 aromatic carbocycles. The third-order valence-corrected chi connectivity index (χ3v) is 6.45. The molecule has 4 rings (SSSR count). The fraction of sp³-hybridized carbons (Fsp3) is 0.571. The zero-order valence-electron chi connectivity index (χ0n) is 16.3. The van der Waals surface area contributed by atoms with Gasteiger partial charge in [0.2, 0.25) is 11.8 Å². The van der Waals surface area contributed by atoms with E-state index in [0.717, 1.165) is 18.7 Å². The summed E-state index contributed by atoms with van der Waals surface area (Å²) in [5.74, 6) is -0.163. The maximum absolute atomic E-state index is 12.8. The van der Waals surface area contributed by atoms with Crippen LogP contribution >= 0.6 is 0 Å². The van der Waals surface area contributed by atoms with Crippen LogP contribution in [0.25, 0.3) is 0 Å². The van der Waals surface area contributed by atoms with E-state index in [-0.39, 0.29) is 24.1 Å². The van der Waals surface area contributed by atoms with E-state index in [9.17, 15) is 14.4 Å². The van der Waals surface area contributed by atoms with Gasteiger partial charge in [0.05, 0.1) is 0 Å². The quantitative estimate of drug-likeness (QED) is 0.756. The van der Waals surface area contributed by atoms with Crippen molar-refractivity contribution in [1.82, 2.24) is 15.1 Å². The van der Waals surface area contributed by atoms with Crippen molar-refractivity contribution in [3.8, 4) is 0 Å². The second-order valence-electron chi connectivity index (χ2n) is 8.28. The van der Waals surface area contributed by atoms with E-state index in [1.165, 1.54) is 18.4 Å². The molecule has 3 aliphatic heterocycles. The van der Waals surface area contributed by atoms with Crippen LogP contribution in [0.2, 0.25) is 0 Å². The molecule has 0 saturated carbocycles. The minimum Gasteiger partial charge on any atom is -0.329 e. The van der Waals surface area contributed by atoms with Gasteiger partial charge in [-0.2, -0.15) is 0 Å². The SMILES string of the molecule is CC1CCCN(Cc2ccc3c(c2)CN(C2CCC(=O)NC2=O)C3=O)C1CN. The monoisotopic (exact) mass is 384 g/mol. The molecule has 0 aliphatic carbocycles. The molecule has 150 valence electrons. The molecule has 1 aromatic rings. The summed E-state index contributed by atoms with van der Waals surface area (Å²) >= 11 is 0. The fourth-order valence-electron chi connectivity index (χ4n) is 4.87. The number of imide groups is 1. The maximum atomic E-state index is 12.8. The van der Waals surface area contributed by atoms with Gasteiger partial charge < -0.3 is 10.6 Å². The highest BCUT2D eigenvalue weighted by molar-refractivity contribution is 6.05. The fourth-order valence-corrected chi connectivity index (χ4v) is 4.87. The van der Waals surface area contributed by atoms with Crippen LogP contribution in [0.5, 0.6) is 0 Å². The Hall–Kier alpha value is -2.25. The van der Waals surface area contributed by atoms with Crippen LogP contribution in [0, 0.1) is 5.92 Å². The second kappa shape index (κ2) is 7.64. The molecular weight excluding hydrogens is 356 g/mol. The molecule has 0 radical (unpaired) electrons. The summed E-state index contributed by atoms with van der Waals surface area (Å²) in [4.78, 5) is 40.4. The van der Waals surface area contributed by atoms with Crippen molar-refractivity contribution in [2.45, 2.75) is 57.8 Å². The first-order valence-corrected chi connectivity index (χ1v) is 10.2. The van der Waals surface area contributed by atoms with Crippen LogP contribution in [0.15, 0.2) is 18.2 Å². The topological polar surface area (TPSA) is 95.7 Å². The highest BCUT2D eigenvalue weighted by Gasteiger charge is 2.39. The number of hydrogen-bond donors (Lipinski definition) is 2. The number of hydrogen-bond acceptors (Lipinski definition) is 5. The highest BCUT2D eigenvalue weighted by atomic mass is 16.2. The average Bonchev–Trinajstić information content (AvgIpc) is 2.98. The van der Waals surface area contributed by atoms with E-state index < -0.39 is 6.04 Å². The molecule has 0 spiro atoms. The molecule has 3 N–H and O–H groups in total. The lowest BCUT2D eigenvalue weighted by Gasteiger charge is -2.39. The highest BCUT2D eigenvalue weighted by Crippen LogP contribution is 2.30. The summed E-state index contributed by atoms with van der Waals surface area (Å²) in [5, 5.41) is 2.34. The molecule has 3 unspecified atom stereocenters. The van der Waals surface area contributed by atoms with E-state index in [1.54, 1.807) is 4.90 Å². The standard InChI is InChI=1S/C21H28N4O3/c1-13-3-2-8-24(18(13)10-22)11-14-4-5-16-15(9-14)12-25(21(16)28)17-6-7-19(26)23-20(17)27/h4-5,9,13,17-18H,2-3,6-8,10-12,22H2,1H3,(H,23,26,27). The molecular formula is C21H28N4O3. The van der Waals surface area contributed by atoms with Crippen molar-refractivity contribution >= 4 is 17.7 Å². The lowest BCUT2D eigenvalue weighted by atomic mass is 9.90. The Kier molecular flexibility index (Phi) is 5.21. The van der Waals surface area contributed by atoms with Crippen molar-refractivity contribution in [2.75, 3.05) is 13.1 Å². The Bertz CT molecular complexity index is 809. The number of nitrogens with two attached hydrogens (primary N) is 1. The maximum Gasteiger partial charge on any atom is 0.255 e. The lowest BCUT2D eigenvalue weighted by Crippen LogP contribution is -2.52. The summed E-state index contributed by atoms with van der Waals surface area (Å²) in [6, 6.07) is 5.81. The zero-order valence-corrected chi connectivity index (χ0v) is 16.3. The predicted octanol–water partition coefficient (Wildman–Crippen LogP) is 1.01. The number of amides is 3. The molecule has 0 aromatic heterocycles. The number of benzene rings is 1. The van der Waals surface area contributed by atoms with Gasteiger partial charge in [0.15, 0.2) is 0 Å². The number of likely N-dealkylation sites (tertiary alicyclic amines) is 1. The molecule has 0 bridgehead atoms. The lowest BCUT2D eigenvalue weighted by molar-refractivity contribution is -0.136. The number of nitrogens with one attached hydrogen (secondary N) is 1. The molecule has 7 heteroatoms. The van der Waals surface area contributed by atoms with Gasteiger partial charge in [0.1, 0.15) is 6.04 Å². The van der Waals surface area contributed by atoms with Crippen LogP contribution in [0.4, 0.5) is 0 Å². The Balaban J connectivity index is 1.49. The van der Waals surface area contributed by atoms with Crippen molar-refractivity contribution in [1.29, 1.82) is 0 Å². The first-order valence-electron chi connectivity index (χ1n) is 10.2. The summed E-state index contributed by atoms with van der Waals surface area (Å²) in [6.45, 7) is 5.22. The predicted molar refractivity (Wildman–Crippen MR) is 104 cm³/mol. The van der Waals surface area contributed by atoms with Crippen LogP contribution < -0.4 is 11.1 Å². The van der Waals surface area contributed by atoms with Crippen molar-refractivity contribution in [3.05, 3.63) is 34.9 Å². The normalized spacial score (nSPS) is 28.4. The summed E-state index contributed by atoms with van der Waals surface area (Å²) in [7, 11) is 0. The van der Waals surface area contributed by atoms with E-state index in [1.807, 2.05) is 12.1 Å². The Morgan fingerprint density at radius 1 is 1.21 bits per heavy atom. The van der Waals surface area contributed by atoms with Crippen molar-refractivity contribution < 1.29 is 14.4 Å². The number of nitrogens with zero attached hydrogens (tertiary/aromatic N) is 2. The first kappa shape index (κ1) is 19.1. The number of fused-ring (bicyclic) bond motifs is 1. The number of carbonyl (C=O) groups is 3. The van der Waals surface area contributed by atoms with E-state index in [0.29, 0.717) is 37.0 Å². The Labute approximate surface area is 165 Å². The van der Waals surface area contributed by atoms with Crippen molar-refractivity contribution in [3.63, 3.8) is 0 Å². The van der Waals surface area contributed by atoms with Crippen LogP contribution in [0.1, 0.15) is 54.1 Å². The van der Waals surface area contributed by atoms with Crippen LogP contribution in [-0.2, 0) is 22.7 Å². The molecule has 2 saturated heterocycles. The van der Waals surface area contributed by atoms with Crippen molar-refractivity contribution in [2.24, 2.45) is 11.7 Å². The van der Waals surface area contributed by atoms with Crippen LogP contribution in [0.3, 0.4) is 0 Å². The van der Waals surface area contributed by atoms with E-state index in [2.05, 4.69) is 23.2 Å². The van der Waals surface area contributed by atoms with E-state index in [4.69, 9.17) is 5.73 Å². The van der Waals surface area contributed by atoms with Gasteiger partial charge in [0, 0.05) is 37.7 Å². The average molecular weight is 384 g/mol. The Morgan fingerprint density at radius 2 is 2.04 bits per heavy atom. The molecule has 3 aliphatic rings. The van der Waals surface area contributed by atoms with Crippen LogP contribution in [-0.4, -0.2) is 52.7 Å². The minimum absolute atomic E-state index is 0.123. The molecule has 3 heterocycles. The molecule has 7 nitrogen and oxygen atoms in total. The molecule has 3 atom stereocenters. The second-order valence-corrected chi connectivity index (χ2v) is 8.28. The number of piperidine rings is 2. The summed E-state index contributed by atoms with van der Waals surface area (Å²) in [5.41, 5.74) is 8.81. The third kappa shape index (κ3) is 3.44. The summed E-state index contributed by atoms with van der Waals surface area (Å²) in [6.07, 6.45) is 3.07. The van der Waals surface area contributed by atoms with Gasteiger partial charge in [-0.3, -0.25) is 24.6 Å². The summed E-state index contributed by atoms with van der Waals surface area (Å²) < 4.78 is 0. The molecule has 2 fully saturated rings. The van der Waals surface area contributed by atoms with Gasteiger partial charge in [-0.1, -0.05) is 19.1 Å². The molecule has 28 heavy (non-hydrogen) atoms. The zero-order chi connectivity index (χ0) is 19.8. The molecule has 3 amide bonds.